The minimum atomic E-state index is 0.266. The Morgan fingerprint density at radius 1 is 1.04 bits per heavy atom. The van der Waals surface area contributed by atoms with Gasteiger partial charge in [0.05, 0.1) is 11.0 Å². The molecular weight excluding hydrogens is 326 g/mol. The lowest BCUT2D eigenvalue weighted by Gasteiger charge is -2.35. The van der Waals surface area contributed by atoms with Gasteiger partial charge >= 0.3 is 0 Å². The van der Waals surface area contributed by atoms with E-state index in [4.69, 9.17) is 4.98 Å². The Bertz CT molecular complexity index is 875. The number of fused-ring (bicyclic) bond motifs is 1. The van der Waals surface area contributed by atoms with Crippen LogP contribution in [0, 0.1) is 0 Å². The largest absolute Gasteiger partial charge is 0.354 e. The monoisotopic (exact) mass is 351 g/mol. The van der Waals surface area contributed by atoms with E-state index in [0.717, 1.165) is 56.1 Å². The zero-order chi connectivity index (χ0) is 17.9. The number of rotatable bonds is 5. The molecule has 0 saturated carbocycles. The number of para-hydroxylation sites is 2. The van der Waals surface area contributed by atoms with Gasteiger partial charge in [-0.15, -0.1) is 0 Å². The van der Waals surface area contributed by atoms with E-state index in [1.807, 2.05) is 47.6 Å². The van der Waals surface area contributed by atoms with E-state index in [1.165, 1.54) is 0 Å². The van der Waals surface area contributed by atoms with Crippen molar-refractivity contribution >= 4 is 22.9 Å². The van der Waals surface area contributed by atoms with E-state index in [2.05, 4.69) is 27.1 Å². The van der Waals surface area contributed by atoms with Gasteiger partial charge in [0.25, 0.3) is 0 Å². The molecule has 1 aromatic carbocycles. The molecule has 6 nitrogen and oxygen atoms in total. The Morgan fingerprint density at radius 3 is 2.50 bits per heavy atom. The van der Waals surface area contributed by atoms with Crippen LogP contribution in [0.4, 0.5) is 5.95 Å². The number of nitrogens with zero attached hydrogens (tertiary/aromatic N) is 5. The van der Waals surface area contributed by atoms with Gasteiger partial charge in [0.1, 0.15) is 0 Å². The molecule has 136 valence electrons. The third-order valence-electron chi connectivity index (χ3n) is 5.15. The number of hydrogen-bond acceptors (Lipinski definition) is 3. The minimum absolute atomic E-state index is 0.266. The second-order valence-electron chi connectivity index (χ2n) is 6.85. The number of aryl methyl sites for hydroxylation is 2. The lowest BCUT2D eigenvalue weighted by atomic mass is 10.2. The Hall–Kier alpha value is -2.76. The molecule has 4 rings (SSSR count). The van der Waals surface area contributed by atoms with Crippen LogP contribution in [0.1, 0.15) is 12.8 Å². The summed E-state index contributed by atoms with van der Waals surface area (Å²) in [5, 5.41) is 0. The van der Waals surface area contributed by atoms with Crippen LogP contribution in [0.5, 0.6) is 0 Å². The first-order valence-corrected chi connectivity index (χ1v) is 9.27. The average molecular weight is 351 g/mol. The molecule has 1 amide bonds. The maximum absolute atomic E-state index is 12.5. The molecule has 2 aromatic heterocycles. The van der Waals surface area contributed by atoms with Crippen molar-refractivity contribution in [2.24, 2.45) is 7.05 Å². The van der Waals surface area contributed by atoms with Crippen molar-refractivity contribution in [3.8, 4) is 0 Å². The quantitative estimate of drug-likeness (QED) is 0.710. The molecule has 0 atom stereocenters. The summed E-state index contributed by atoms with van der Waals surface area (Å²) >= 11 is 0. The molecule has 1 aliphatic heterocycles. The van der Waals surface area contributed by atoms with Crippen LogP contribution in [0.2, 0.25) is 0 Å². The highest BCUT2D eigenvalue weighted by molar-refractivity contribution is 5.79. The first kappa shape index (κ1) is 16.7. The Balaban J connectivity index is 1.31. The summed E-state index contributed by atoms with van der Waals surface area (Å²) in [6.07, 6.45) is 5.59. The van der Waals surface area contributed by atoms with E-state index in [0.29, 0.717) is 6.42 Å². The van der Waals surface area contributed by atoms with Crippen molar-refractivity contribution in [1.82, 2.24) is 19.0 Å². The van der Waals surface area contributed by atoms with Gasteiger partial charge in [-0.2, -0.15) is 0 Å². The molecule has 26 heavy (non-hydrogen) atoms. The predicted molar refractivity (Wildman–Crippen MR) is 103 cm³/mol. The number of anilines is 1. The van der Waals surface area contributed by atoms with E-state index >= 15 is 0 Å². The highest BCUT2D eigenvalue weighted by Crippen LogP contribution is 2.22. The summed E-state index contributed by atoms with van der Waals surface area (Å²) in [4.78, 5) is 21.5. The van der Waals surface area contributed by atoms with Crippen molar-refractivity contribution in [2.75, 3.05) is 31.1 Å². The Kier molecular flexibility index (Phi) is 4.65. The fourth-order valence-corrected chi connectivity index (χ4v) is 3.66. The molecule has 3 aromatic rings. The molecule has 0 aliphatic carbocycles. The normalized spacial score (nSPS) is 15.0. The lowest BCUT2D eigenvalue weighted by molar-refractivity contribution is -0.131. The highest BCUT2D eigenvalue weighted by atomic mass is 16.2. The van der Waals surface area contributed by atoms with Crippen LogP contribution >= 0.6 is 0 Å². The van der Waals surface area contributed by atoms with E-state index in [1.54, 1.807) is 0 Å². The topological polar surface area (TPSA) is 46.3 Å². The molecule has 1 saturated heterocycles. The molecule has 0 radical (unpaired) electrons. The number of hydrogen-bond donors (Lipinski definition) is 0. The van der Waals surface area contributed by atoms with Gasteiger partial charge < -0.3 is 18.9 Å². The second kappa shape index (κ2) is 7.23. The van der Waals surface area contributed by atoms with Gasteiger partial charge in [0.2, 0.25) is 11.9 Å². The zero-order valence-electron chi connectivity index (χ0n) is 15.2. The number of aromatic nitrogens is 3. The van der Waals surface area contributed by atoms with E-state index in [9.17, 15) is 4.79 Å². The Morgan fingerprint density at radius 2 is 1.77 bits per heavy atom. The number of imidazole rings is 1. The fourth-order valence-electron chi connectivity index (χ4n) is 3.66. The second-order valence-corrected chi connectivity index (χ2v) is 6.85. The van der Waals surface area contributed by atoms with Crippen LogP contribution < -0.4 is 4.90 Å². The summed E-state index contributed by atoms with van der Waals surface area (Å²) in [5.74, 6) is 1.26. The lowest BCUT2D eigenvalue weighted by Crippen LogP contribution is -2.49. The number of benzene rings is 1. The molecule has 1 fully saturated rings. The zero-order valence-corrected chi connectivity index (χ0v) is 15.2. The molecule has 0 bridgehead atoms. The Labute approximate surface area is 153 Å². The highest BCUT2D eigenvalue weighted by Gasteiger charge is 2.23. The van der Waals surface area contributed by atoms with Crippen molar-refractivity contribution in [1.29, 1.82) is 0 Å². The summed E-state index contributed by atoms with van der Waals surface area (Å²) in [7, 11) is 2.06. The third-order valence-corrected chi connectivity index (χ3v) is 5.15. The number of carbonyl (C=O) groups is 1. The van der Waals surface area contributed by atoms with Crippen LogP contribution in [-0.4, -0.2) is 51.1 Å². The molecular formula is C20H25N5O. The summed E-state index contributed by atoms with van der Waals surface area (Å²) < 4.78 is 4.26. The van der Waals surface area contributed by atoms with Crippen LogP contribution in [0.25, 0.3) is 11.0 Å². The molecule has 0 unspecified atom stereocenters. The van der Waals surface area contributed by atoms with Gasteiger partial charge in [0, 0.05) is 58.6 Å². The minimum Gasteiger partial charge on any atom is -0.354 e. The molecule has 0 spiro atoms. The average Bonchev–Trinajstić information content (AvgIpc) is 3.30. The fraction of sp³-hybridized carbons (Fsp3) is 0.400. The number of carbonyl (C=O) groups excluding carboxylic acids is 1. The van der Waals surface area contributed by atoms with E-state index < -0.39 is 0 Å². The van der Waals surface area contributed by atoms with E-state index in [-0.39, 0.29) is 5.91 Å². The van der Waals surface area contributed by atoms with Crippen molar-refractivity contribution in [3.05, 3.63) is 48.8 Å². The SMILES string of the molecule is Cn1c(N2CCN(C(=O)CCCn3cccc3)CC2)nc2ccccc21. The van der Waals surface area contributed by atoms with Crippen molar-refractivity contribution < 1.29 is 4.79 Å². The first-order chi connectivity index (χ1) is 12.7. The molecule has 6 heteroatoms. The van der Waals surface area contributed by atoms with Gasteiger partial charge in [-0.25, -0.2) is 4.98 Å². The third kappa shape index (κ3) is 3.31. The van der Waals surface area contributed by atoms with Crippen LogP contribution in [0.3, 0.4) is 0 Å². The van der Waals surface area contributed by atoms with Gasteiger partial charge in [-0.1, -0.05) is 12.1 Å². The summed E-state index contributed by atoms with van der Waals surface area (Å²) in [6.45, 7) is 4.11. The van der Waals surface area contributed by atoms with Gasteiger partial charge in [0.15, 0.2) is 0 Å². The summed E-state index contributed by atoms with van der Waals surface area (Å²) in [5.41, 5.74) is 2.17. The first-order valence-electron chi connectivity index (χ1n) is 9.27. The molecule has 3 heterocycles. The van der Waals surface area contributed by atoms with Crippen LogP contribution in [-0.2, 0) is 18.4 Å². The van der Waals surface area contributed by atoms with Crippen molar-refractivity contribution in [3.63, 3.8) is 0 Å². The van der Waals surface area contributed by atoms with Gasteiger partial charge in [-0.3, -0.25) is 4.79 Å². The standard InChI is InChI=1S/C20H25N5O/c1-22-18-8-3-2-7-17(18)21-20(22)25-15-13-24(14-16-25)19(26)9-6-12-23-10-4-5-11-23/h2-5,7-8,10-11H,6,9,12-16H2,1H3. The maximum Gasteiger partial charge on any atom is 0.222 e. The van der Waals surface area contributed by atoms with Crippen molar-refractivity contribution in [2.45, 2.75) is 19.4 Å². The van der Waals surface area contributed by atoms with Gasteiger partial charge in [-0.05, 0) is 30.7 Å². The molecule has 1 aliphatic rings. The van der Waals surface area contributed by atoms with Crippen LogP contribution in [0.15, 0.2) is 48.8 Å². The summed E-state index contributed by atoms with van der Waals surface area (Å²) in [6, 6.07) is 12.2. The predicted octanol–water partition coefficient (Wildman–Crippen LogP) is 2.50. The number of piperazine rings is 1. The molecule has 0 N–H and O–H groups in total. The number of amides is 1. The maximum atomic E-state index is 12.5. The smallest absolute Gasteiger partial charge is 0.222 e.